The fourth-order valence-electron chi connectivity index (χ4n) is 2.73. The maximum atomic E-state index is 12.0. The first kappa shape index (κ1) is 14.1. The van der Waals surface area contributed by atoms with Crippen LogP contribution >= 0.6 is 0 Å². The van der Waals surface area contributed by atoms with Crippen LogP contribution < -0.4 is 5.73 Å². The van der Waals surface area contributed by atoms with Crippen molar-refractivity contribution in [2.75, 3.05) is 0 Å². The number of carbonyl (C=O) groups is 1. The predicted octanol–water partition coefficient (Wildman–Crippen LogP) is 2.88. The van der Waals surface area contributed by atoms with Crippen molar-refractivity contribution in [1.82, 2.24) is 0 Å². The molecule has 0 spiro atoms. The van der Waals surface area contributed by atoms with E-state index in [1.807, 2.05) is 30.3 Å². The van der Waals surface area contributed by atoms with Crippen LogP contribution in [0.4, 0.5) is 0 Å². The van der Waals surface area contributed by atoms with Crippen LogP contribution in [0.1, 0.15) is 38.2 Å². The van der Waals surface area contributed by atoms with Crippen molar-refractivity contribution in [2.45, 2.75) is 45.3 Å². The van der Waals surface area contributed by atoms with E-state index < -0.39 is 0 Å². The van der Waals surface area contributed by atoms with Crippen LogP contribution in [-0.2, 0) is 16.1 Å². The Hall–Kier alpha value is -1.35. The fourth-order valence-corrected chi connectivity index (χ4v) is 2.73. The van der Waals surface area contributed by atoms with Crippen LogP contribution in [0, 0.1) is 11.8 Å². The van der Waals surface area contributed by atoms with E-state index in [2.05, 4.69) is 6.92 Å². The number of rotatable bonds is 4. The van der Waals surface area contributed by atoms with E-state index >= 15 is 0 Å². The molecule has 1 saturated carbocycles. The summed E-state index contributed by atoms with van der Waals surface area (Å²) >= 11 is 0. The summed E-state index contributed by atoms with van der Waals surface area (Å²) in [5, 5.41) is 0. The van der Waals surface area contributed by atoms with E-state index in [1.165, 1.54) is 0 Å². The molecule has 1 aromatic carbocycles. The van der Waals surface area contributed by atoms with E-state index in [9.17, 15) is 4.79 Å². The summed E-state index contributed by atoms with van der Waals surface area (Å²) in [5.41, 5.74) is 6.95. The van der Waals surface area contributed by atoms with Crippen molar-refractivity contribution in [3.8, 4) is 0 Å². The Morgan fingerprint density at radius 1 is 1.26 bits per heavy atom. The van der Waals surface area contributed by atoms with Crippen LogP contribution in [0.5, 0.6) is 0 Å². The minimum atomic E-state index is -0.0491. The molecule has 1 fully saturated rings. The third-order valence-electron chi connectivity index (χ3n) is 4.07. The molecule has 1 atom stereocenters. The largest absolute Gasteiger partial charge is 0.461 e. The molecule has 0 amide bonds. The highest BCUT2D eigenvalue weighted by molar-refractivity contribution is 5.72. The smallest absolute Gasteiger partial charge is 0.309 e. The van der Waals surface area contributed by atoms with Crippen molar-refractivity contribution in [2.24, 2.45) is 17.6 Å². The zero-order chi connectivity index (χ0) is 13.7. The van der Waals surface area contributed by atoms with Gasteiger partial charge in [-0.25, -0.2) is 0 Å². The van der Waals surface area contributed by atoms with Gasteiger partial charge in [0.1, 0.15) is 6.61 Å². The molecule has 1 unspecified atom stereocenters. The lowest BCUT2D eigenvalue weighted by molar-refractivity contribution is -0.151. The van der Waals surface area contributed by atoms with Gasteiger partial charge in [-0.3, -0.25) is 4.79 Å². The molecule has 3 heteroatoms. The second-order valence-electron chi connectivity index (χ2n) is 5.56. The molecule has 2 rings (SSSR count). The van der Waals surface area contributed by atoms with Crippen molar-refractivity contribution in [3.63, 3.8) is 0 Å². The van der Waals surface area contributed by atoms with Gasteiger partial charge in [-0.15, -0.1) is 0 Å². The highest BCUT2D eigenvalue weighted by atomic mass is 16.5. The van der Waals surface area contributed by atoms with Gasteiger partial charge in [0.25, 0.3) is 0 Å². The number of hydrogen-bond donors (Lipinski definition) is 1. The summed E-state index contributed by atoms with van der Waals surface area (Å²) in [4.78, 5) is 12.0. The summed E-state index contributed by atoms with van der Waals surface area (Å²) < 4.78 is 5.39. The van der Waals surface area contributed by atoms with E-state index in [4.69, 9.17) is 10.5 Å². The molecule has 2 N–H and O–H groups in total. The van der Waals surface area contributed by atoms with Crippen LogP contribution in [0.15, 0.2) is 30.3 Å². The van der Waals surface area contributed by atoms with E-state index in [0.29, 0.717) is 12.5 Å². The number of carbonyl (C=O) groups excluding carboxylic acids is 1. The van der Waals surface area contributed by atoms with Gasteiger partial charge in [0, 0.05) is 6.04 Å². The predicted molar refractivity (Wildman–Crippen MR) is 75.3 cm³/mol. The molecule has 104 valence electrons. The molecule has 0 heterocycles. The molecule has 19 heavy (non-hydrogen) atoms. The van der Waals surface area contributed by atoms with E-state index in [-0.39, 0.29) is 17.9 Å². The third kappa shape index (κ3) is 4.06. The van der Waals surface area contributed by atoms with Crippen molar-refractivity contribution >= 4 is 5.97 Å². The lowest BCUT2D eigenvalue weighted by Gasteiger charge is -2.29. The fraction of sp³-hybridized carbons (Fsp3) is 0.562. The minimum absolute atomic E-state index is 0.0491. The standard InChI is InChI=1S/C16H23NO2/c1-12(17)14-7-9-15(10-8-14)16(18)19-11-13-5-3-2-4-6-13/h2-6,12,14-15H,7-11,17H2,1H3. The maximum absolute atomic E-state index is 12.0. The normalized spacial score (nSPS) is 24.7. The first-order valence-corrected chi connectivity index (χ1v) is 7.13. The Bertz CT molecular complexity index is 394. The minimum Gasteiger partial charge on any atom is -0.461 e. The highest BCUT2D eigenvalue weighted by Crippen LogP contribution is 2.31. The number of hydrogen-bond acceptors (Lipinski definition) is 3. The third-order valence-corrected chi connectivity index (χ3v) is 4.07. The maximum Gasteiger partial charge on any atom is 0.309 e. The van der Waals surface area contributed by atoms with Gasteiger partial charge in [0.2, 0.25) is 0 Å². The van der Waals surface area contributed by atoms with Crippen molar-refractivity contribution in [3.05, 3.63) is 35.9 Å². The number of nitrogens with two attached hydrogens (primary N) is 1. The zero-order valence-corrected chi connectivity index (χ0v) is 11.5. The van der Waals surface area contributed by atoms with Crippen molar-refractivity contribution < 1.29 is 9.53 Å². The van der Waals surface area contributed by atoms with Gasteiger partial charge in [-0.1, -0.05) is 30.3 Å². The summed E-state index contributed by atoms with van der Waals surface area (Å²) in [6.45, 7) is 2.44. The van der Waals surface area contributed by atoms with Crippen molar-refractivity contribution in [1.29, 1.82) is 0 Å². The first-order valence-electron chi connectivity index (χ1n) is 7.13. The molecule has 0 saturated heterocycles. The van der Waals surface area contributed by atoms with E-state index in [0.717, 1.165) is 31.2 Å². The van der Waals surface area contributed by atoms with Gasteiger partial charge in [-0.05, 0) is 44.1 Å². The lowest BCUT2D eigenvalue weighted by atomic mass is 9.79. The molecular formula is C16H23NO2. The van der Waals surface area contributed by atoms with Gasteiger partial charge in [0.05, 0.1) is 5.92 Å². The summed E-state index contributed by atoms with van der Waals surface area (Å²) in [6, 6.07) is 10.1. The second kappa shape index (κ2) is 6.71. The zero-order valence-electron chi connectivity index (χ0n) is 11.5. The Morgan fingerprint density at radius 2 is 1.89 bits per heavy atom. The van der Waals surface area contributed by atoms with Gasteiger partial charge < -0.3 is 10.5 Å². The molecule has 0 aromatic heterocycles. The highest BCUT2D eigenvalue weighted by Gasteiger charge is 2.28. The van der Waals surface area contributed by atoms with Crippen LogP contribution in [-0.4, -0.2) is 12.0 Å². The quantitative estimate of drug-likeness (QED) is 0.848. The molecule has 3 nitrogen and oxygen atoms in total. The lowest BCUT2D eigenvalue weighted by Crippen LogP contribution is -2.32. The van der Waals surface area contributed by atoms with Gasteiger partial charge >= 0.3 is 5.97 Å². The Balaban J connectivity index is 1.76. The number of esters is 1. The molecule has 0 radical (unpaired) electrons. The molecule has 1 aliphatic rings. The average Bonchev–Trinajstić information content (AvgIpc) is 2.46. The number of benzene rings is 1. The van der Waals surface area contributed by atoms with Gasteiger partial charge in [-0.2, -0.15) is 0 Å². The Kier molecular flexibility index (Phi) is 4.97. The molecular weight excluding hydrogens is 238 g/mol. The SMILES string of the molecule is CC(N)C1CCC(C(=O)OCc2ccccc2)CC1. The van der Waals surface area contributed by atoms with Crippen LogP contribution in [0.25, 0.3) is 0 Å². The molecule has 0 aliphatic heterocycles. The molecule has 0 bridgehead atoms. The van der Waals surface area contributed by atoms with Gasteiger partial charge in [0.15, 0.2) is 0 Å². The first-order chi connectivity index (χ1) is 9.16. The molecule has 1 aliphatic carbocycles. The van der Waals surface area contributed by atoms with Crippen LogP contribution in [0.3, 0.4) is 0 Å². The summed E-state index contributed by atoms with van der Waals surface area (Å²) in [5.74, 6) is 0.587. The Labute approximate surface area is 115 Å². The van der Waals surface area contributed by atoms with Crippen LogP contribution in [0.2, 0.25) is 0 Å². The molecule has 1 aromatic rings. The monoisotopic (exact) mass is 261 g/mol. The topological polar surface area (TPSA) is 52.3 Å². The Morgan fingerprint density at radius 3 is 2.47 bits per heavy atom. The summed E-state index contributed by atoms with van der Waals surface area (Å²) in [7, 11) is 0. The van der Waals surface area contributed by atoms with E-state index in [1.54, 1.807) is 0 Å². The summed E-state index contributed by atoms with van der Waals surface area (Å²) in [6.07, 6.45) is 3.92. The second-order valence-corrected chi connectivity index (χ2v) is 5.56. The average molecular weight is 261 g/mol. The number of ether oxygens (including phenoxy) is 1.